The Morgan fingerprint density at radius 1 is 0.714 bits per heavy atom. The van der Waals surface area contributed by atoms with Gasteiger partial charge in [0.2, 0.25) is 0 Å². The monoisotopic (exact) mass is 494 g/mol. The summed E-state index contributed by atoms with van der Waals surface area (Å²) in [6.07, 6.45) is 2.45. The van der Waals surface area contributed by atoms with Crippen LogP contribution >= 0.6 is 11.6 Å². The van der Waals surface area contributed by atoms with E-state index in [2.05, 4.69) is 25.0 Å². The van der Waals surface area contributed by atoms with Crippen molar-refractivity contribution in [2.75, 3.05) is 5.32 Å². The summed E-state index contributed by atoms with van der Waals surface area (Å²) in [5.41, 5.74) is 3.58. The molecule has 2 aromatic carbocycles. The molecule has 5 nitrogen and oxygen atoms in total. The molecular formula is C26H18ClF3N4O. The Hall–Kier alpha value is -4.17. The van der Waals surface area contributed by atoms with E-state index in [0.717, 1.165) is 5.39 Å². The number of nitrogens with zero attached hydrogens (tertiary/aromatic N) is 3. The van der Waals surface area contributed by atoms with Crippen LogP contribution in [0.1, 0.15) is 0 Å². The van der Waals surface area contributed by atoms with Crippen LogP contribution in [-0.4, -0.2) is 21.3 Å². The van der Waals surface area contributed by atoms with Gasteiger partial charge in [0, 0.05) is 35.9 Å². The van der Waals surface area contributed by atoms with E-state index in [4.69, 9.17) is 11.6 Å². The van der Waals surface area contributed by atoms with Crippen molar-refractivity contribution in [1.29, 1.82) is 0 Å². The zero-order valence-corrected chi connectivity index (χ0v) is 18.8. The van der Waals surface area contributed by atoms with Gasteiger partial charge >= 0.3 is 6.36 Å². The van der Waals surface area contributed by atoms with E-state index in [-0.39, 0.29) is 5.75 Å². The molecule has 0 atom stereocenters. The smallest absolute Gasteiger partial charge is 0.406 e. The van der Waals surface area contributed by atoms with E-state index in [1.54, 1.807) is 36.9 Å². The number of anilines is 2. The first-order valence-electron chi connectivity index (χ1n) is 10.4. The normalized spacial score (nSPS) is 10.9. The average Bonchev–Trinajstić information content (AvgIpc) is 2.86. The molecule has 0 aliphatic rings. The fourth-order valence-electron chi connectivity index (χ4n) is 3.16. The molecule has 0 bridgehead atoms. The molecule has 5 aromatic rings. The third kappa shape index (κ3) is 6.91. The van der Waals surface area contributed by atoms with Gasteiger partial charge in [-0.05, 0) is 77.9 Å². The molecule has 9 heteroatoms. The summed E-state index contributed by atoms with van der Waals surface area (Å²) in [6, 6.07) is 22.4. The Labute approximate surface area is 204 Å². The molecule has 1 N–H and O–H groups in total. The van der Waals surface area contributed by atoms with Crippen molar-refractivity contribution in [3.05, 3.63) is 109 Å². The topological polar surface area (TPSA) is 59.9 Å². The van der Waals surface area contributed by atoms with Crippen LogP contribution in [0.2, 0.25) is 5.02 Å². The van der Waals surface area contributed by atoms with Crippen molar-refractivity contribution >= 4 is 34.0 Å². The number of fused-ring (bicyclic) bond motifs is 1. The lowest BCUT2D eigenvalue weighted by Gasteiger charge is -2.10. The first kappa shape index (κ1) is 24.0. The Kier molecular flexibility index (Phi) is 7.42. The molecule has 0 aliphatic carbocycles. The highest BCUT2D eigenvalue weighted by Gasteiger charge is 2.30. The van der Waals surface area contributed by atoms with Crippen molar-refractivity contribution in [1.82, 2.24) is 15.0 Å². The van der Waals surface area contributed by atoms with E-state index in [1.165, 1.54) is 35.4 Å². The van der Waals surface area contributed by atoms with Crippen molar-refractivity contribution in [3.63, 3.8) is 0 Å². The molecule has 0 aliphatic heterocycles. The lowest BCUT2D eigenvalue weighted by Crippen LogP contribution is -2.16. The predicted molar refractivity (Wildman–Crippen MR) is 131 cm³/mol. The second-order valence-electron chi connectivity index (χ2n) is 7.18. The summed E-state index contributed by atoms with van der Waals surface area (Å²) >= 11 is 6.10. The molecule has 0 amide bonds. The minimum atomic E-state index is -4.70. The van der Waals surface area contributed by atoms with Crippen LogP contribution in [0.25, 0.3) is 22.0 Å². The van der Waals surface area contributed by atoms with Crippen LogP contribution in [0, 0.1) is 0 Å². The zero-order chi connectivity index (χ0) is 24.7. The summed E-state index contributed by atoms with van der Waals surface area (Å²) in [6.45, 7) is 0. The fourth-order valence-corrected chi connectivity index (χ4v) is 3.38. The Morgan fingerprint density at radius 2 is 1.31 bits per heavy atom. The fraction of sp³-hybridized carbons (Fsp3) is 0.0385. The Bertz CT molecular complexity index is 1350. The largest absolute Gasteiger partial charge is 0.573 e. The van der Waals surface area contributed by atoms with Gasteiger partial charge in [-0.25, -0.2) is 4.98 Å². The van der Waals surface area contributed by atoms with Crippen molar-refractivity contribution in [2.24, 2.45) is 0 Å². The van der Waals surface area contributed by atoms with E-state index in [1.807, 2.05) is 42.5 Å². The summed E-state index contributed by atoms with van der Waals surface area (Å²) in [5.74, 6) is 0.257. The van der Waals surface area contributed by atoms with Crippen molar-refractivity contribution in [3.8, 4) is 16.9 Å². The molecule has 0 saturated carbocycles. The number of rotatable bonds is 4. The second-order valence-corrected chi connectivity index (χ2v) is 7.58. The van der Waals surface area contributed by atoms with E-state index in [0.29, 0.717) is 22.0 Å². The summed E-state index contributed by atoms with van der Waals surface area (Å²) < 4.78 is 40.2. The van der Waals surface area contributed by atoms with Gasteiger partial charge in [-0.15, -0.1) is 13.2 Å². The van der Waals surface area contributed by atoms with Crippen LogP contribution in [0.4, 0.5) is 24.7 Å². The van der Waals surface area contributed by atoms with Crippen LogP contribution in [-0.2, 0) is 0 Å². The maximum absolute atomic E-state index is 12.1. The number of hydrogen-bond donors (Lipinski definition) is 1. The summed E-state index contributed by atoms with van der Waals surface area (Å²) in [4.78, 5) is 12.3. The van der Waals surface area contributed by atoms with Crippen LogP contribution in [0.3, 0.4) is 0 Å². The first-order valence-corrected chi connectivity index (χ1v) is 10.7. The Morgan fingerprint density at radius 3 is 1.89 bits per heavy atom. The molecule has 0 spiro atoms. The summed E-state index contributed by atoms with van der Waals surface area (Å²) in [5, 5.41) is 4.43. The van der Waals surface area contributed by atoms with Gasteiger partial charge in [0.25, 0.3) is 0 Å². The van der Waals surface area contributed by atoms with Gasteiger partial charge in [0.15, 0.2) is 0 Å². The van der Waals surface area contributed by atoms with Gasteiger partial charge in [-0.1, -0.05) is 23.7 Å². The van der Waals surface area contributed by atoms with E-state index >= 15 is 0 Å². The zero-order valence-electron chi connectivity index (χ0n) is 18.1. The molecule has 3 aromatic heterocycles. The van der Waals surface area contributed by atoms with Crippen molar-refractivity contribution in [2.45, 2.75) is 6.36 Å². The van der Waals surface area contributed by atoms with Gasteiger partial charge in [0.1, 0.15) is 11.6 Å². The van der Waals surface area contributed by atoms with Crippen LogP contribution in [0.5, 0.6) is 5.75 Å². The number of ether oxygens (including phenoxy) is 1. The van der Waals surface area contributed by atoms with Gasteiger partial charge in [-0.3, -0.25) is 9.97 Å². The number of alkyl halides is 3. The number of halogens is 4. The van der Waals surface area contributed by atoms with Crippen LogP contribution in [0.15, 0.2) is 104 Å². The van der Waals surface area contributed by atoms with Crippen LogP contribution < -0.4 is 10.1 Å². The molecular weight excluding hydrogens is 477 g/mol. The average molecular weight is 495 g/mol. The standard InChI is InChI=1S/C16H10ClF3N2O.C10H8N2/c17-13-3-1-2-10-4-9-14(22-15(10)13)21-11-5-7-12(8-6-11)23-16(18,19)20;1-5-11-6-2-9(1)10-3-7-12-8-4-10/h1-9H,(H,21,22);1-8H. The molecule has 35 heavy (non-hydrogen) atoms. The molecule has 176 valence electrons. The highest BCUT2D eigenvalue weighted by molar-refractivity contribution is 6.35. The lowest BCUT2D eigenvalue weighted by molar-refractivity contribution is -0.274. The van der Waals surface area contributed by atoms with Gasteiger partial charge in [-0.2, -0.15) is 0 Å². The van der Waals surface area contributed by atoms with E-state index < -0.39 is 6.36 Å². The highest BCUT2D eigenvalue weighted by Crippen LogP contribution is 2.27. The van der Waals surface area contributed by atoms with E-state index in [9.17, 15) is 13.2 Å². The molecule has 0 radical (unpaired) electrons. The third-order valence-corrected chi connectivity index (χ3v) is 5.03. The number of para-hydroxylation sites is 1. The number of benzene rings is 2. The Balaban J connectivity index is 0.000000201. The third-order valence-electron chi connectivity index (χ3n) is 4.73. The molecule has 0 unspecified atom stereocenters. The highest BCUT2D eigenvalue weighted by atomic mass is 35.5. The first-order chi connectivity index (χ1) is 16.9. The number of aromatic nitrogens is 3. The second kappa shape index (κ2) is 10.8. The maximum Gasteiger partial charge on any atom is 0.573 e. The number of pyridine rings is 3. The molecule has 3 heterocycles. The van der Waals surface area contributed by atoms with Gasteiger partial charge in [0.05, 0.1) is 10.5 Å². The van der Waals surface area contributed by atoms with Gasteiger partial charge < -0.3 is 10.1 Å². The number of hydrogen-bond acceptors (Lipinski definition) is 5. The maximum atomic E-state index is 12.1. The summed E-state index contributed by atoms with van der Waals surface area (Å²) in [7, 11) is 0. The lowest BCUT2D eigenvalue weighted by atomic mass is 10.1. The van der Waals surface area contributed by atoms with Crippen molar-refractivity contribution < 1.29 is 17.9 Å². The number of nitrogens with one attached hydrogen (secondary N) is 1. The molecule has 5 rings (SSSR count). The molecule has 0 saturated heterocycles. The predicted octanol–water partition coefficient (Wildman–Crippen LogP) is 7.67. The quantitative estimate of drug-likeness (QED) is 0.278. The minimum Gasteiger partial charge on any atom is -0.406 e. The molecule has 0 fully saturated rings. The minimum absolute atomic E-state index is 0.280. The SMILES string of the molecule is FC(F)(F)Oc1ccc(Nc2ccc3cccc(Cl)c3n2)cc1.c1cc(-c2ccncc2)ccn1.